The zero-order valence-corrected chi connectivity index (χ0v) is 15.7. The Balaban J connectivity index is 1.52. The summed E-state index contributed by atoms with van der Waals surface area (Å²) in [5.74, 6) is 0.616. The third-order valence-corrected chi connectivity index (χ3v) is 5.29. The van der Waals surface area contributed by atoms with E-state index < -0.39 is 0 Å². The van der Waals surface area contributed by atoms with Crippen LogP contribution in [-0.4, -0.2) is 57.8 Å². The summed E-state index contributed by atoms with van der Waals surface area (Å²) in [5, 5.41) is 5.61. The first kappa shape index (κ1) is 17.2. The van der Waals surface area contributed by atoms with Crippen molar-refractivity contribution in [1.29, 1.82) is 0 Å². The van der Waals surface area contributed by atoms with Gasteiger partial charge < -0.3 is 4.90 Å². The van der Waals surface area contributed by atoms with Gasteiger partial charge in [0.05, 0.1) is 11.7 Å². The maximum atomic E-state index is 4.51. The molecule has 0 spiro atoms. The van der Waals surface area contributed by atoms with Crippen LogP contribution in [0.3, 0.4) is 0 Å². The van der Waals surface area contributed by atoms with Crippen molar-refractivity contribution in [3.63, 3.8) is 0 Å². The van der Waals surface area contributed by atoms with E-state index in [2.05, 4.69) is 57.4 Å². The maximum Gasteiger partial charge on any atom is 0.0704 e. The van der Waals surface area contributed by atoms with Crippen LogP contribution in [0.2, 0.25) is 0 Å². The van der Waals surface area contributed by atoms with Gasteiger partial charge in [0.1, 0.15) is 0 Å². The lowest BCUT2D eigenvalue weighted by Gasteiger charge is -2.24. The number of rotatable bonds is 4. The van der Waals surface area contributed by atoms with Crippen molar-refractivity contribution < 1.29 is 0 Å². The van der Waals surface area contributed by atoms with Gasteiger partial charge in [-0.25, -0.2) is 0 Å². The van der Waals surface area contributed by atoms with Crippen LogP contribution in [0, 0.1) is 5.92 Å². The van der Waals surface area contributed by atoms with E-state index in [0.29, 0.717) is 5.92 Å². The van der Waals surface area contributed by atoms with E-state index in [4.69, 9.17) is 0 Å². The van der Waals surface area contributed by atoms with Crippen molar-refractivity contribution in [1.82, 2.24) is 24.6 Å². The molecule has 5 nitrogen and oxygen atoms in total. The smallest absolute Gasteiger partial charge is 0.0704 e. The highest BCUT2D eigenvalue weighted by Gasteiger charge is 2.22. The second-order valence-electron chi connectivity index (χ2n) is 7.58. The van der Waals surface area contributed by atoms with Gasteiger partial charge in [-0.3, -0.25) is 14.6 Å². The van der Waals surface area contributed by atoms with Crippen molar-refractivity contribution in [3.05, 3.63) is 60.0 Å². The number of aryl methyl sites for hydroxylation is 1. The largest absolute Gasteiger partial charge is 0.305 e. The molecule has 26 heavy (non-hydrogen) atoms. The minimum absolute atomic E-state index is 0.616. The van der Waals surface area contributed by atoms with Gasteiger partial charge in [0.25, 0.3) is 0 Å². The van der Waals surface area contributed by atoms with Crippen LogP contribution in [0.4, 0.5) is 0 Å². The molecule has 4 rings (SSSR count). The molecular weight excluding hydrogens is 322 g/mol. The van der Waals surface area contributed by atoms with Gasteiger partial charge in [0.2, 0.25) is 0 Å². The highest BCUT2D eigenvalue weighted by Crippen LogP contribution is 2.22. The van der Waals surface area contributed by atoms with E-state index >= 15 is 0 Å². The second kappa shape index (κ2) is 7.56. The van der Waals surface area contributed by atoms with Crippen LogP contribution in [0.1, 0.15) is 11.1 Å². The number of nitrogens with zero attached hydrogens (tertiary/aromatic N) is 5. The lowest BCUT2D eigenvalue weighted by atomic mass is 9.95. The molecule has 5 heteroatoms. The lowest BCUT2D eigenvalue weighted by Crippen LogP contribution is -2.30. The lowest BCUT2D eigenvalue weighted by molar-refractivity contribution is 0.249. The summed E-state index contributed by atoms with van der Waals surface area (Å²) in [6.45, 7) is 5.47. The van der Waals surface area contributed by atoms with Crippen LogP contribution in [0.25, 0.3) is 10.9 Å². The third kappa shape index (κ3) is 3.94. The standard InChI is InChI=1S/C21H27N5/c1-24-9-10-26(16-18-12-23-25(2)14-18)15-17(13-24)11-19-5-3-7-21-20(19)6-4-8-22-21/h3-8,12,14,17H,9-11,13,15-16H2,1-2H3/t17-/m1/s1. The molecule has 1 fully saturated rings. The van der Waals surface area contributed by atoms with Crippen molar-refractivity contribution in [2.45, 2.75) is 13.0 Å². The molecule has 0 unspecified atom stereocenters. The monoisotopic (exact) mass is 349 g/mol. The number of pyridine rings is 1. The average Bonchev–Trinajstić information content (AvgIpc) is 2.96. The topological polar surface area (TPSA) is 37.2 Å². The molecule has 0 amide bonds. The van der Waals surface area contributed by atoms with Gasteiger partial charge >= 0.3 is 0 Å². The van der Waals surface area contributed by atoms with Crippen molar-refractivity contribution >= 4 is 10.9 Å². The second-order valence-corrected chi connectivity index (χ2v) is 7.58. The molecule has 3 aromatic rings. The minimum atomic E-state index is 0.616. The molecular formula is C21H27N5. The fraction of sp³-hybridized carbons (Fsp3) is 0.429. The molecule has 136 valence electrons. The van der Waals surface area contributed by atoms with E-state index in [9.17, 15) is 0 Å². The summed E-state index contributed by atoms with van der Waals surface area (Å²) in [7, 11) is 4.22. The van der Waals surface area contributed by atoms with Gasteiger partial charge in [-0.15, -0.1) is 0 Å². The number of benzene rings is 1. The Hall–Kier alpha value is -2.24. The molecule has 0 saturated carbocycles. The SMILES string of the molecule is CN1CCN(Cc2cnn(C)c2)C[C@H](Cc2cccc3ncccc23)C1. The number of aromatic nitrogens is 3. The Kier molecular flexibility index (Phi) is 5.00. The molecule has 3 heterocycles. The Morgan fingerprint density at radius 3 is 2.85 bits per heavy atom. The summed E-state index contributed by atoms with van der Waals surface area (Å²) >= 11 is 0. The highest BCUT2D eigenvalue weighted by atomic mass is 15.3. The van der Waals surface area contributed by atoms with E-state index in [0.717, 1.165) is 44.7 Å². The van der Waals surface area contributed by atoms with Gasteiger partial charge in [-0.1, -0.05) is 18.2 Å². The number of hydrogen-bond acceptors (Lipinski definition) is 4. The number of likely N-dealkylation sites (N-methyl/N-ethyl adjacent to an activating group) is 1. The van der Waals surface area contributed by atoms with Crippen LogP contribution in [0.5, 0.6) is 0 Å². The van der Waals surface area contributed by atoms with Crippen molar-refractivity contribution in [2.75, 3.05) is 33.2 Å². The first-order valence-electron chi connectivity index (χ1n) is 9.38. The minimum Gasteiger partial charge on any atom is -0.305 e. The summed E-state index contributed by atoms with van der Waals surface area (Å²) in [5.41, 5.74) is 3.81. The summed E-state index contributed by atoms with van der Waals surface area (Å²) in [4.78, 5) is 9.56. The molecule has 1 aromatic carbocycles. The van der Waals surface area contributed by atoms with E-state index in [1.54, 1.807) is 0 Å². The Morgan fingerprint density at radius 1 is 1.08 bits per heavy atom. The number of fused-ring (bicyclic) bond motifs is 1. The summed E-state index contributed by atoms with van der Waals surface area (Å²) in [6, 6.07) is 10.7. The molecule has 0 bridgehead atoms. The van der Waals surface area contributed by atoms with Crippen molar-refractivity contribution in [3.8, 4) is 0 Å². The Bertz CT molecular complexity index is 866. The zero-order chi connectivity index (χ0) is 17.9. The zero-order valence-electron chi connectivity index (χ0n) is 15.7. The predicted molar refractivity (Wildman–Crippen MR) is 105 cm³/mol. The van der Waals surface area contributed by atoms with Gasteiger partial charge in [-0.2, -0.15) is 5.10 Å². The molecule has 1 atom stereocenters. The first-order valence-corrected chi connectivity index (χ1v) is 9.38. The average molecular weight is 349 g/mol. The predicted octanol–water partition coefficient (Wildman–Crippen LogP) is 2.57. The fourth-order valence-electron chi connectivity index (χ4n) is 4.10. The van der Waals surface area contributed by atoms with E-state index in [1.165, 1.54) is 16.5 Å². The summed E-state index contributed by atoms with van der Waals surface area (Å²) < 4.78 is 1.89. The molecule has 0 radical (unpaired) electrons. The van der Waals surface area contributed by atoms with Crippen molar-refractivity contribution in [2.24, 2.45) is 13.0 Å². The normalized spacial score (nSPS) is 19.7. The van der Waals surface area contributed by atoms with Crippen LogP contribution >= 0.6 is 0 Å². The highest BCUT2D eigenvalue weighted by molar-refractivity contribution is 5.81. The molecule has 0 aliphatic carbocycles. The molecule has 1 aliphatic rings. The Morgan fingerprint density at radius 2 is 2.00 bits per heavy atom. The van der Waals surface area contributed by atoms with Crippen LogP contribution in [0.15, 0.2) is 48.9 Å². The quantitative estimate of drug-likeness (QED) is 0.725. The maximum absolute atomic E-state index is 4.51. The fourth-order valence-corrected chi connectivity index (χ4v) is 4.10. The Labute approximate surface area is 155 Å². The number of hydrogen-bond donors (Lipinski definition) is 0. The third-order valence-electron chi connectivity index (χ3n) is 5.29. The van der Waals surface area contributed by atoms with Gasteiger partial charge in [0.15, 0.2) is 0 Å². The van der Waals surface area contributed by atoms with Gasteiger partial charge in [-0.05, 0) is 37.1 Å². The summed E-state index contributed by atoms with van der Waals surface area (Å²) in [6.07, 6.45) is 7.08. The van der Waals surface area contributed by atoms with Crippen LogP contribution < -0.4 is 0 Å². The van der Waals surface area contributed by atoms with E-state index in [-0.39, 0.29) is 0 Å². The van der Waals surface area contributed by atoms with E-state index in [1.807, 2.05) is 30.2 Å². The molecule has 1 saturated heterocycles. The van der Waals surface area contributed by atoms with Crippen LogP contribution in [-0.2, 0) is 20.0 Å². The molecule has 1 aliphatic heterocycles. The first-order chi connectivity index (χ1) is 12.7. The molecule has 0 N–H and O–H groups in total. The molecule has 2 aromatic heterocycles. The van der Waals surface area contributed by atoms with Gasteiger partial charge in [0, 0.05) is 63.1 Å².